The number of pyridine rings is 1. The average molecular weight is 490 g/mol. The number of hydrogen-bond acceptors (Lipinski definition) is 6. The maximum Gasteiger partial charge on any atom is 0.253 e. The molecule has 0 bridgehead atoms. The molecule has 184 valence electrons. The Kier molecular flexibility index (Phi) is 7.31. The minimum absolute atomic E-state index is 0.153. The lowest BCUT2D eigenvalue weighted by atomic mass is 10.1. The topological polar surface area (TPSA) is 89.0 Å². The van der Waals surface area contributed by atoms with Crippen molar-refractivity contribution in [2.75, 3.05) is 18.5 Å². The Hall–Kier alpha value is -4.78. The van der Waals surface area contributed by atoms with Crippen molar-refractivity contribution in [3.63, 3.8) is 0 Å². The van der Waals surface area contributed by atoms with Crippen molar-refractivity contribution >= 4 is 28.3 Å². The quantitative estimate of drug-likeness (QED) is 0.272. The van der Waals surface area contributed by atoms with Crippen LogP contribution >= 0.6 is 0 Å². The summed E-state index contributed by atoms with van der Waals surface area (Å²) < 4.78 is 5.72. The molecule has 0 spiro atoms. The Morgan fingerprint density at radius 2 is 1.76 bits per heavy atom. The minimum Gasteiger partial charge on any atom is -0.494 e. The second kappa shape index (κ2) is 11.3. The maximum absolute atomic E-state index is 13.1. The lowest BCUT2D eigenvalue weighted by molar-refractivity contribution is 0.0955. The van der Waals surface area contributed by atoms with Crippen LogP contribution in [0.5, 0.6) is 5.75 Å². The summed E-state index contributed by atoms with van der Waals surface area (Å²) in [4.78, 5) is 26.9. The number of benzene rings is 3. The molecule has 37 heavy (non-hydrogen) atoms. The van der Waals surface area contributed by atoms with Gasteiger partial charge < -0.3 is 15.4 Å². The number of para-hydroxylation sites is 1. The monoisotopic (exact) mass is 489 g/mol. The van der Waals surface area contributed by atoms with Crippen molar-refractivity contribution in [2.45, 2.75) is 13.3 Å². The Morgan fingerprint density at radius 3 is 2.57 bits per heavy atom. The van der Waals surface area contributed by atoms with Gasteiger partial charge in [-0.1, -0.05) is 42.5 Å². The molecule has 0 saturated heterocycles. The number of nitrogens with zero attached hydrogens (tertiary/aromatic N) is 3. The molecule has 3 aromatic carbocycles. The Morgan fingerprint density at radius 1 is 0.919 bits per heavy atom. The molecular weight excluding hydrogens is 462 g/mol. The number of fused-ring (bicyclic) bond motifs is 1. The predicted octanol–water partition coefficient (Wildman–Crippen LogP) is 5.81. The van der Waals surface area contributed by atoms with Crippen LogP contribution in [-0.2, 0) is 6.42 Å². The predicted molar refractivity (Wildman–Crippen MR) is 146 cm³/mol. The van der Waals surface area contributed by atoms with Crippen molar-refractivity contribution in [1.29, 1.82) is 0 Å². The summed E-state index contributed by atoms with van der Waals surface area (Å²) in [5.41, 5.74) is 3.91. The normalized spacial score (nSPS) is 10.7. The Bertz CT molecular complexity index is 1510. The van der Waals surface area contributed by atoms with Gasteiger partial charge in [0.2, 0.25) is 0 Å². The third kappa shape index (κ3) is 5.73. The number of anilines is 2. The van der Waals surface area contributed by atoms with Crippen molar-refractivity contribution in [1.82, 2.24) is 20.3 Å². The van der Waals surface area contributed by atoms with Gasteiger partial charge in [0.05, 0.1) is 23.4 Å². The lowest BCUT2D eigenvalue weighted by Gasteiger charge is -2.15. The maximum atomic E-state index is 13.1. The molecule has 2 aromatic heterocycles. The first kappa shape index (κ1) is 23.9. The number of ether oxygens (including phenoxy) is 1. The second-order valence-corrected chi connectivity index (χ2v) is 8.41. The fraction of sp³-hybridized carbons (Fsp3) is 0.133. The Balaban J connectivity index is 1.47. The van der Waals surface area contributed by atoms with Crippen LogP contribution in [0.3, 0.4) is 0 Å². The molecule has 0 unspecified atom stereocenters. The number of nitrogens with one attached hydrogen (secondary N) is 2. The molecule has 2 N–H and O–H groups in total. The zero-order chi connectivity index (χ0) is 25.5. The molecule has 5 rings (SSSR count). The van der Waals surface area contributed by atoms with Crippen molar-refractivity contribution in [3.8, 4) is 17.1 Å². The van der Waals surface area contributed by atoms with E-state index < -0.39 is 0 Å². The molecule has 0 aliphatic heterocycles. The highest BCUT2D eigenvalue weighted by molar-refractivity contribution is 6.02. The van der Waals surface area contributed by atoms with Crippen LogP contribution in [0, 0.1) is 0 Å². The summed E-state index contributed by atoms with van der Waals surface area (Å²) in [5, 5.41) is 7.22. The van der Waals surface area contributed by atoms with Gasteiger partial charge in [0.15, 0.2) is 5.82 Å². The van der Waals surface area contributed by atoms with Gasteiger partial charge in [-0.2, -0.15) is 0 Å². The molecule has 2 heterocycles. The summed E-state index contributed by atoms with van der Waals surface area (Å²) in [6.45, 7) is 3.03. The molecular formula is C30H27N5O2. The highest BCUT2D eigenvalue weighted by Crippen LogP contribution is 2.31. The Labute approximate surface area is 215 Å². The van der Waals surface area contributed by atoms with Crippen LogP contribution in [0.15, 0.2) is 97.3 Å². The van der Waals surface area contributed by atoms with E-state index in [2.05, 4.69) is 27.8 Å². The van der Waals surface area contributed by atoms with Gasteiger partial charge in [0.25, 0.3) is 5.91 Å². The third-order valence-electron chi connectivity index (χ3n) is 5.86. The van der Waals surface area contributed by atoms with E-state index in [0.717, 1.165) is 28.6 Å². The average Bonchev–Trinajstić information content (AvgIpc) is 2.94. The van der Waals surface area contributed by atoms with E-state index in [-0.39, 0.29) is 5.91 Å². The van der Waals surface area contributed by atoms with E-state index in [1.165, 1.54) is 5.56 Å². The van der Waals surface area contributed by atoms with E-state index in [4.69, 9.17) is 14.7 Å². The molecule has 0 aliphatic carbocycles. The fourth-order valence-corrected chi connectivity index (χ4v) is 4.06. The molecule has 0 aliphatic rings. The van der Waals surface area contributed by atoms with E-state index in [1.807, 2.05) is 73.7 Å². The molecule has 7 nitrogen and oxygen atoms in total. The summed E-state index contributed by atoms with van der Waals surface area (Å²) in [5.74, 6) is 1.69. The number of amides is 1. The largest absolute Gasteiger partial charge is 0.494 e. The van der Waals surface area contributed by atoms with E-state index >= 15 is 0 Å². The number of rotatable bonds is 9. The van der Waals surface area contributed by atoms with Crippen LogP contribution in [0.4, 0.5) is 11.5 Å². The molecule has 0 atom stereocenters. The molecule has 0 saturated carbocycles. The smallest absolute Gasteiger partial charge is 0.253 e. The van der Waals surface area contributed by atoms with E-state index in [9.17, 15) is 4.79 Å². The molecule has 0 fully saturated rings. The highest BCUT2D eigenvalue weighted by Gasteiger charge is 2.15. The summed E-state index contributed by atoms with van der Waals surface area (Å²) in [6, 6.07) is 27.0. The number of carbonyl (C=O) groups excluding carboxylic acids is 1. The summed E-state index contributed by atoms with van der Waals surface area (Å²) in [6.07, 6.45) is 4.20. The third-order valence-corrected chi connectivity index (χ3v) is 5.86. The van der Waals surface area contributed by atoms with Gasteiger partial charge in [-0.3, -0.25) is 9.78 Å². The minimum atomic E-state index is -0.153. The van der Waals surface area contributed by atoms with Crippen LogP contribution < -0.4 is 15.4 Å². The second-order valence-electron chi connectivity index (χ2n) is 8.41. The number of carbonyl (C=O) groups is 1. The van der Waals surface area contributed by atoms with Gasteiger partial charge in [0, 0.05) is 29.9 Å². The number of aromatic nitrogens is 3. The van der Waals surface area contributed by atoms with Gasteiger partial charge in [0.1, 0.15) is 11.6 Å². The van der Waals surface area contributed by atoms with E-state index in [1.54, 1.807) is 18.5 Å². The van der Waals surface area contributed by atoms with Crippen LogP contribution in [-0.4, -0.2) is 34.0 Å². The summed E-state index contributed by atoms with van der Waals surface area (Å²) >= 11 is 0. The molecule has 5 aromatic rings. The first-order valence-corrected chi connectivity index (χ1v) is 12.2. The van der Waals surface area contributed by atoms with Crippen LogP contribution in [0.2, 0.25) is 0 Å². The van der Waals surface area contributed by atoms with Crippen molar-refractivity contribution < 1.29 is 9.53 Å². The van der Waals surface area contributed by atoms with Gasteiger partial charge >= 0.3 is 0 Å². The summed E-state index contributed by atoms with van der Waals surface area (Å²) in [7, 11) is 0. The van der Waals surface area contributed by atoms with Gasteiger partial charge in [-0.25, -0.2) is 9.97 Å². The fourth-order valence-electron chi connectivity index (χ4n) is 4.06. The highest BCUT2D eigenvalue weighted by atomic mass is 16.5. The molecule has 1 amide bonds. The SMILES string of the molecule is CCOc1ccc2nc(-c3cccnc3)nc(Nc3ccccc3C(=O)NCCc3ccccc3)c2c1. The number of hydrogen-bond donors (Lipinski definition) is 2. The van der Waals surface area contributed by atoms with Gasteiger partial charge in [-0.15, -0.1) is 0 Å². The molecule has 0 radical (unpaired) electrons. The first-order valence-electron chi connectivity index (χ1n) is 12.2. The zero-order valence-corrected chi connectivity index (χ0v) is 20.5. The zero-order valence-electron chi connectivity index (χ0n) is 20.5. The van der Waals surface area contributed by atoms with Crippen LogP contribution in [0.25, 0.3) is 22.3 Å². The van der Waals surface area contributed by atoms with E-state index in [0.29, 0.717) is 36.0 Å². The van der Waals surface area contributed by atoms with Crippen LogP contribution in [0.1, 0.15) is 22.8 Å². The van der Waals surface area contributed by atoms with Crippen molar-refractivity contribution in [3.05, 3.63) is 108 Å². The lowest BCUT2D eigenvalue weighted by Crippen LogP contribution is -2.26. The standard InChI is InChI=1S/C30H27N5O2/c1-2-37-23-14-15-27-25(19-23)29(35-28(33-27)22-11-8-17-31-20-22)34-26-13-7-6-12-24(26)30(36)32-18-16-21-9-4-3-5-10-21/h3-15,17,19-20H,2,16,18H2,1H3,(H,32,36)(H,33,34,35). The molecule has 7 heteroatoms. The van der Waals surface area contributed by atoms with Gasteiger partial charge in [-0.05, 0) is 61.4 Å². The van der Waals surface area contributed by atoms with Crippen molar-refractivity contribution in [2.24, 2.45) is 0 Å². The first-order chi connectivity index (χ1) is 18.2.